The number of fused-ring (bicyclic) bond motifs is 4. The number of carbonyl (C=O) groups is 1. The summed E-state index contributed by atoms with van der Waals surface area (Å²) in [5.74, 6) is 0.357. The summed E-state index contributed by atoms with van der Waals surface area (Å²) in [6, 6.07) is 6.48. The third-order valence-corrected chi connectivity index (χ3v) is 5.90. The van der Waals surface area contributed by atoms with Crippen LogP contribution in [0.15, 0.2) is 18.2 Å². The molecular formula is C18H23NO2. The van der Waals surface area contributed by atoms with Crippen LogP contribution in [0.1, 0.15) is 50.8 Å². The highest BCUT2D eigenvalue weighted by Crippen LogP contribution is 2.82. The minimum Gasteiger partial charge on any atom is -0.464 e. The van der Waals surface area contributed by atoms with E-state index in [0.29, 0.717) is 12.5 Å². The van der Waals surface area contributed by atoms with Gasteiger partial charge < -0.3 is 4.74 Å². The minimum absolute atomic E-state index is 0.0201. The van der Waals surface area contributed by atoms with E-state index in [1.165, 1.54) is 16.7 Å². The molecule has 0 aromatic heterocycles. The fourth-order valence-corrected chi connectivity index (χ4v) is 5.24. The molecule has 0 bridgehead atoms. The van der Waals surface area contributed by atoms with Gasteiger partial charge in [-0.1, -0.05) is 32.0 Å². The van der Waals surface area contributed by atoms with E-state index in [9.17, 15) is 4.79 Å². The summed E-state index contributed by atoms with van der Waals surface area (Å²) >= 11 is 0. The highest BCUT2D eigenvalue weighted by Gasteiger charge is 2.94. The Kier molecular flexibility index (Phi) is 2.23. The summed E-state index contributed by atoms with van der Waals surface area (Å²) < 4.78 is 5.58. The number of benzene rings is 1. The summed E-state index contributed by atoms with van der Waals surface area (Å²) in [7, 11) is 0. The summed E-state index contributed by atoms with van der Waals surface area (Å²) in [6.07, 6.45) is 0.894. The lowest BCUT2D eigenvalue weighted by Crippen LogP contribution is -2.56. The Hall–Kier alpha value is -1.35. The van der Waals surface area contributed by atoms with Crippen LogP contribution in [-0.4, -0.2) is 23.0 Å². The lowest BCUT2D eigenvalue weighted by molar-refractivity contribution is -0.156. The maximum Gasteiger partial charge on any atom is 0.329 e. The molecule has 2 unspecified atom stereocenters. The van der Waals surface area contributed by atoms with E-state index in [1.54, 1.807) is 0 Å². The summed E-state index contributed by atoms with van der Waals surface area (Å²) in [5, 5.41) is 0. The monoisotopic (exact) mass is 285 g/mol. The molecule has 0 amide bonds. The smallest absolute Gasteiger partial charge is 0.329 e. The Morgan fingerprint density at radius 3 is 2.76 bits per heavy atom. The SMILES string of the molecule is Cc1cccc2c1C1(C)CC3(C(=O)OCC(C)C)[N@]1[C@]23C. The predicted molar refractivity (Wildman–Crippen MR) is 80.9 cm³/mol. The van der Waals surface area contributed by atoms with Crippen molar-refractivity contribution in [3.63, 3.8) is 0 Å². The van der Waals surface area contributed by atoms with Crippen molar-refractivity contribution in [1.82, 2.24) is 4.90 Å². The van der Waals surface area contributed by atoms with E-state index in [1.807, 2.05) is 0 Å². The van der Waals surface area contributed by atoms with Gasteiger partial charge in [0.1, 0.15) is 5.54 Å². The van der Waals surface area contributed by atoms with Gasteiger partial charge in [0, 0.05) is 12.0 Å². The molecule has 112 valence electrons. The number of hydrogen-bond donors (Lipinski definition) is 0. The Balaban J connectivity index is 1.73. The molecule has 2 fully saturated rings. The number of hydrogen-bond acceptors (Lipinski definition) is 3. The second-order valence-corrected chi connectivity index (χ2v) is 7.71. The molecule has 3 heterocycles. The Morgan fingerprint density at radius 1 is 1.38 bits per heavy atom. The quantitative estimate of drug-likeness (QED) is 0.631. The Labute approximate surface area is 126 Å². The van der Waals surface area contributed by atoms with Gasteiger partial charge >= 0.3 is 5.97 Å². The van der Waals surface area contributed by atoms with Crippen molar-refractivity contribution < 1.29 is 9.53 Å². The van der Waals surface area contributed by atoms with Gasteiger partial charge in [-0.15, -0.1) is 0 Å². The zero-order chi connectivity index (χ0) is 15.2. The molecule has 4 rings (SSSR count). The third-order valence-electron chi connectivity index (χ3n) is 5.90. The molecule has 0 saturated carbocycles. The van der Waals surface area contributed by atoms with Gasteiger partial charge in [0.25, 0.3) is 0 Å². The van der Waals surface area contributed by atoms with Crippen LogP contribution in [0.4, 0.5) is 0 Å². The Bertz CT molecular complexity index is 667. The van der Waals surface area contributed by atoms with Crippen molar-refractivity contribution in [2.24, 2.45) is 5.92 Å². The fourth-order valence-electron chi connectivity index (χ4n) is 5.24. The van der Waals surface area contributed by atoms with Gasteiger partial charge in [0.2, 0.25) is 0 Å². The molecule has 1 aromatic carbocycles. The van der Waals surface area contributed by atoms with E-state index in [2.05, 4.69) is 57.7 Å². The van der Waals surface area contributed by atoms with Crippen LogP contribution < -0.4 is 0 Å². The molecule has 3 aliphatic heterocycles. The van der Waals surface area contributed by atoms with E-state index in [4.69, 9.17) is 4.74 Å². The molecule has 4 atom stereocenters. The molecule has 0 N–H and O–H groups in total. The topological polar surface area (TPSA) is 29.3 Å². The number of rotatable bonds is 3. The molecule has 21 heavy (non-hydrogen) atoms. The lowest BCUT2D eigenvalue weighted by Gasteiger charge is -2.46. The number of nitrogens with zero attached hydrogens (tertiary/aromatic N) is 1. The molecule has 2 saturated heterocycles. The van der Waals surface area contributed by atoms with Gasteiger partial charge in [-0.3, -0.25) is 4.90 Å². The van der Waals surface area contributed by atoms with Gasteiger partial charge in [-0.25, -0.2) is 4.79 Å². The van der Waals surface area contributed by atoms with Crippen molar-refractivity contribution in [3.8, 4) is 0 Å². The molecule has 3 heteroatoms. The maximum absolute atomic E-state index is 12.7. The fraction of sp³-hybridized carbons (Fsp3) is 0.611. The van der Waals surface area contributed by atoms with Gasteiger partial charge in [-0.2, -0.15) is 0 Å². The molecule has 3 nitrogen and oxygen atoms in total. The van der Waals surface area contributed by atoms with Crippen molar-refractivity contribution in [2.75, 3.05) is 6.61 Å². The van der Waals surface area contributed by atoms with Crippen LogP contribution in [0.2, 0.25) is 0 Å². The maximum atomic E-state index is 12.7. The first kappa shape index (κ1) is 13.3. The van der Waals surface area contributed by atoms with Crippen molar-refractivity contribution in [1.29, 1.82) is 0 Å². The molecule has 3 aliphatic rings. The van der Waals surface area contributed by atoms with Gasteiger partial charge in [0.05, 0.1) is 12.1 Å². The zero-order valence-electron chi connectivity index (χ0n) is 13.5. The predicted octanol–water partition coefficient (Wildman–Crippen LogP) is 3.10. The van der Waals surface area contributed by atoms with E-state index < -0.39 is 5.54 Å². The molecule has 1 aromatic rings. The highest BCUT2D eigenvalue weighted by molar-refractivity contribution is 5.93. The number of carbonyl (C=O) groups excluding carboxylic acids is 1. The van der Waals surface area contributed by atoms with Crippen LogP contribution in [0.3, 0.4) is 0 Å². The second kappa shape index (κ2) is 3.52. The average molecular weight is 285 g/mol. The summed E-state index contributed by atoms with van der Waals surface area (Å²) in [4.78, 5) is 15.0. The molecular weight excluding hydrogens is 262 g/mol. The summed E-state index contributed by atoms with van der Waals surface area (Å²) in [5.41, 5.74) is 3.58. The van der Waals surface area contributed by atoms with E-state index >= 15 is 0 Å². The zero-order valence-corrected chi connectivity index (χ0v) is 13.5. The van der Waals surface area contributed by atoms with E-state index in [0.717, 1.165) is 6.42 Å². The van der Waals surface area contributed by atoms with Gasteiger partial charge in [-0.05, 0) is 43.4 Å². The normalized spacial score (nSPS) is 41.3. The minimum atomic E-state index is -0.391. The largest absolute Gasteiger partial charge is 0.464 e. The highest BCUT2D eigenvalue weighted by atomic mass is 16.5. The Morgan fingerprint density at radius 2 is 2.10 bits per heavy atom. The average Bonchev–Trinajstić information content (AvgIpc) is 2.82. The van der Waals surface area contributed by atoms with Crippen molar-refractivity contribution >= 4 is 5.97 Å². The van der Waals surface area contributed by atoms with Crippen LogP contribution in [-0.2, 0) is 20.6 Å². The third kappa shape index (κ3) is 1.16. The van der Waals surface area contributed by atoms with Crippen LogP contribution >= 0.6 is 0 Å². The summed E-state index contributed by atoms with van der Waals surface area (Å²) in [6.45, 7) is 11.3. The van der Waals surface area contributed by atoms with Gasteiger partial charge in [0.15, 0.2) is 0 Å². The number of ether oxygens (including phenoxy) is 1. The van der Waals surface area contributed by atoms with Crippen LogP contribution in [0, 0.1) is 12.8 Å². The lowest BCUT2D eigenvalue weighted by atomic mass is 9.65. The molecule has 0 spiro atoms. The molecule has 0 aliphatic carbocycles. The molecule has 0 radical (unpaired) electrons. The number of esters is 1. The number of aryl methyl sites for hydroxylation is 1. The first-order chi connectivity index (χ1) is 9.80. The van der Waals surface area contributed by atoms with Crippen molar-refractivity contribution in [2.45, 2.75) is 57.7 Å². The van der Waals surface area contributed by atoms with Crippen LogP contribution in [0.25, 0.3) is 0 Å². The first-order valence-corrected chi connectivity index (χ1v) is 7.88. The standard InChI is InChI=1S/C18H23NO2/c1-11(2)9-21-15(20)18-10-16(4)14-12(3)7-6-8-13(14)17(18,5)19(16)18/h6-8,11H,9-10H2,1-5H3/t16?,17-,18?,19+/m1/s1. The van der Waals surface area contributed by atoms with E-state index in [-0.39, 0.29) is 17.0 Å². The first-order valence-electron chi connectivity index (χ1n) is 7.88. The van der Waals surface area contributed by atoms with Crippen LogP contribution in [0.5, 0.6) is 0 Å². The van der Waals surface area contributed by atoms with Crippen molar-refractivity contribution in [3.05, 3.63) is 34.9 Å². The second-order valence-electron chi connectivity index (χ2n) is 7.71.